The van der Waals surface area contributed by atoms with E-state index >= 15 is 0 Å². The minimum Gasteiger partial charge on any atom is -0.481 e. The van der Waals surface area contributed by atoms with Crippen LogP contribution in [0.4, 0.5) is 4.39 Å². The number of aliphatic hydroxyl groups is 1. The Morgan fingerprint density at radius 2 is 1.91 bits per heavy atom. The molecular weight excluding hydrogens is 429 g/mol. The normalized spacial score (nSPS) is 12.2. The molecule has 8 nitrogen and oxygen atoms in total. The smallest absolute Gasteiger partial charge is 0.303 e. The van der Waals surface area contributed by atoms with Crippen molar-refractivity contribution in [3.05, 3.63) is 76.3 Å². The second kappa shape index (κ2) is 9.33. The van der Waals surface area contributed by atoms with Crippen LogP contribution in [0, 0.1) is 5.82 Å². The Morgan fingerprint density at radius 3 is 2.58 bits per heavy atom. The molecule has 1 unspecified atom stereocenters. The van der Waals surface area contributed by atoms with E-state index in [4.69, 9.17) is 14.6 Å². The van der Waals surface area contributed by atoms with E-state index in [1.54, 1.807) is 31.2 Å². The van der Waals surface area contributed by atoms with Gasteiger partial charge < -0.3 is 14.7 Å². The zero-order valence-corrected chi connectivity index (χ0v) is 17.9. The van der Waals surface area contributed by atoms with E-state index in [0.717, 1.165) is 0 Å². The number of carboxylic acids is 1. The van der Waals surface area contributed by atoms with E-state index in [-0.39, 0.29) is 12.0 Å². The molecule has 1 atom stereocenters. The molecule has 170 valence electrons. The summed E-state index contributed by atoms with van der Waals surface area (Å²) >= 11 is 0. The van der Waals surface area contributed by atoms with Gasteiger partial charge in [0, 0.05) is 24.5 Å². The number of hydrogen-bond acceptors (Lipinski definition) is 6. The Labute approximate surface area is 187 Å². The van der Waals surface area contributed by atoms with Crippen LogP contribution < -0.4 is 5.56 Å². The van der Waals surface area contributed by atoms with Crippen molar-refractivity contribution in [2.24, 2.45) is 0 Å². The summed E-state index contributed by atoms with van der Waals surface area (Å²) < 4.78 is 20.0. The van der Waals surface area contributed by atoms with E-state index in [1.165, 1.54) is 28.8 Å². The molecule has 9 heteroatoms. The van der Waals surface area contributed by atoms with Crippen LogP contribution in [-0.2, 0) is 11.2 Å². The van der Waals surface area contributed by atoms with Crippen LogP contribution in [0.15, 0.2) is 57.8 Å². The molecule has 0 saturated heterocycles. The first-order chi connectivity index (χ1) is 15.8. The summed E-state index contributed by atoms with van der Waals surface area (Å²) in [6.07, 6.45) is 0.553. The predicted molar refractivity (Wildman–Crippen MR) is 119 cm³/mol. The summed E-state index contributed by atoms with van der Waals surface area (Å²) in [5.41, 5.74) is 1.79. The van der Waals surface area contributed by atoms with Crippen molar-refractivity contribution in [2.45, 2.75) is 38.7 Å². The molecule has 0 aliphatic heterocycles. The number of aromatic nitrogens is 3. The fourth-order valence-corrected chi connectivity index (χ4v) is 3.60. The lowest BCUT2D eigenvalue weighted by molar-refractivity contribution is -0.137. The number of halogens is 1. The third kappa shape index (κ3) is 4.83. The van der Waals surface area contributed by atoms with Gasteiger partial charge in [-0.15, -0.1) is 0 Å². The maximum absolute atomic E-state index is 13.4. The third-order valence-corrected chi connectivity index (χ3v) is 5.30. The van der Waals surface area contributed by atoms with E-state index in [2.05, 4.69) is 5.16 Å². The lowest BCUT2D eigenvalue weighted by atomic mass is 10.1. The Hall–Kier alpha value is -3.85. The number of carbonyl (C=O) groups is 1. The lowest BCUT2D eigenvalue weighted by Gasteiger charge is -2.14. The monoisotopic (exact) mass is 451 g/mol. The van der Waals surface area contributed by atoms with Crippen molar-refractivity contribution < 1.29 is 23.9 Å². The van der Waals surface area contributed by atoms with Gasteiger partial charge in [-0.1, -0.05) is 11.2 Å². The Balaban J connectivity index is 1.80. The maximum atomic E-state index is 13.4. The molecule has 0 amide bonds. The van der Waals surface area contributed by atoms with Gasteiger partial charge in [-0.05, 0) is 56.2 Å². The first kappa shape index (κ1) is 22.3. The maximum Gasteiger partial charge on any atom is 0.303 e. The fourth-order valence-electron chi connectivity index (χ4n) is 3.60. The number of nitrogens with zero attached hydrogens (tertiary/aromatic N) is 3. The van der Waals surface area contributed by atoms with Gasteiger partial charge in [0.25, 0.3) is 5.56 Å². The number of aryl methyl sites for hydroxylation is 1. The van der Waals surface area contributed by atoms with Crippen LogP contribution in [-0.4, -0.2) is 30.9 Å². The quantitative estimate of drug-likeness (QED) is 0.388. The topological polar surface area (TPSA) is 118 Å². The van der Waals surface area contributed by atoms with Gasteiger partial charge in [-0.3, -0.25) is 14.2 Å². The van der Waals surface area contributed by atoms with Crippen LogP contribution in [0.5, 0.6) is 0 Å². The van der Waals surface area contributed by atoms with Crippen LogP contribution in [0.25, 0.3) is 27.8 Å². The molecule has 0 saturated carbocycles. The van der Waals surface area contributed by atoms with Crippen molar-refractivity contribution in [2.75, 3.05) is 0 Å². The first-order valence-corrected chi connectivity index (χ1v) is 10.5. The number of hydrogen-bond donors (Lipinski definition) is 2. The average Bonchev–Trinajstić information content (AvgIpc) is 3.28. The summed E-state index contributed by atoms with van der Waals surface area (Å²) in [6, 6.07) is 12.3. The highest BCUT2D eigenvalue weighted by Gasteiger charge is 2.16. The van der Waals surface area contributed by atoms with E-state index in [0.29, 0.717) is 58.7 Å². The summed E-state index contributed by atoms with van der Waals surface area (Å²) in [5.74, 6) is -0.529. The Morgan fingerprint density at radius 1 is 1.15 bits per heavy atom. The zero-order chi connectivity index (χ0) is 23.5. The van der Waals surface area contributed by atoms with E-state index < -0.39 is 17.9 Å². The van der Waals surface area contributed by atoms with Gasteiger partial charge >= 0.3 is 5.97 Å². The number of aliphatic carboxylic acids is 1. The van der Waals surface area contributed by atoms with Gasteiger partial charge in [0.1, 0.15) is 23.4 Å². The minimum atomic E-state index is -0.883. The van der Waals surface area contributed by atoms with Gasteiger partial charge in [-0.25, -0.2) is 9.37 Å². The molecule has 0 radical (unpaired) electrons. The highest BCUT2D eigenvalue weighted by molar-refractivity contribution is 5.83. The van der Waals surface area contributed by atoms with E-state index in [1.807, 2.05) is 0 Å². The number of aliphatic hydroxyl groups excluding tert-OH is 1. The predicted octanol–water partition coefficient (Wildman–Crippen LogP) is 4.03. The fraction of sp³-hybridized carbons (Fsp3) is 0.250. The van der Waals surface area contributed by atoms with Crippen LogP contribution in [0.2, 0.25) is 0 Å². The number of rotatable bonds is 8. The summed E-state index contributed by atoms with van der Waals surface area (Å²) in [4.78, 5) is 28.9. The molecule has 2 aromatic carbocycles. The SMILES string of the molecule is CC(O)c1cc(-c2ccc3c(=O)n(-c4ccc(F)cc4)c(CCCCC(=O)O)nc3c2)no1. The van der Waals surface area contributed by atoms with Gasteiger partial charge in [0.15, 0.2) is 5.76 Å². The number of benzene rings is 2. The zero-order valence-electron chi connectivity index (χ0n) is 17.9. The van der Waals surface area contributed by atoms with Crippen molar-refractivity contribution in [1.82, 2.24) is 14.7 Å². The van der Waals surface area contributed by atoms with Gasteiger partial charge in [0.2, 0.25) is 0 Å². The largest absolute Gasteiger partial charge is 0.481 e. The van der Waals surface area contributed by atoms with Crippen LogP contribution >= 0.6 is 0 Å². The second-order valence-electron chi connectivity index (χ2n) is 7.77. The number of carboxylic acid groups (broad SMARTS) is 1. The molecule has 4 rings (SSSR count). The first-order valence-electron chi connectivity index (χ1n) is 10.5. The molecular formula is C24H22FN3O5. The highest BCUT2D eigenvalue weighted by Crippen LogP contribution is 2.25. The number of fused-ring (bicyclic) bond motifs is 1. The lowest BCUT2D eigenvalue weighted by Crippen LogP contribution is -2.24. The summed E-state index contributed by atoms with van der Waals surface area (Å²) in [6.45, 7) is 1.57. The molecule has 0 aliphatic rings. The highest BCUT2D eigenvalue weighted by atomic mass is 19.1. The molecule has 2 heterocycles. The summed E-state index contributed by atoms with van der Waals surface area (Å²) in [5, 5.41) is 22.9. The Kier molecular flexibility index (Phi) is 6.32. The van der Waals surface area contributed by atoms with Crippen molar-refractivity contribution >= 4 is 16.9 Å². The molecule has 0 aliphatic carbocycles. The van der Waals surface area contributed by atoms with Crippen LogP contribution in [0.3, 0.4) is 0 Å². The second-order valence-corrected chi connectivity index (χ2v) is 7.77. The van der Waals surface area contributed by atoms with Crippen LogP contribution in [0.1, 0.15) is 43.9 Å². The molecule has 33 heavy (non-hydrogen) atoms. The molecule has 2 N–H and O–H groups in total. The van der Waals surface area contributed by atoms with E-state index in [9.17, 15) is 19.1 Å². The van der Waals surface area contributed by atoms with Crippen molar-refractivity contribution in [3.63, 3.8) is 0 Å². The molecule has 2 aromatic heterocycles. The molecule has 4 aromatic rings. The van der Waals surface area contributed by atoms with Crippen molar-refractivity contribution in [3.8, 4) is 16.9 Å². The van der Waals surface area contributed by atoms with Crippen molar-refractivity contribution in [1.29, 1.82) is 0 Å². The standard InChI is InChI=1S/C24H22FN3O5/c1-14(29)21-13-19(27-33-21)15-6-11-18-20(12-15)26-22(4-2-3-5-23(30)31)28(24(18)32)17-9-7-16(25)8-10-17/h6-14,29H,2-5H2,1H3,(H,30,31). The average molecular weight is 451 g/mol. The minimum absolute atomic E-state index is 0.0241. The van der Waals surface area contributed by atoms with Gasteiger partial charge in [0.05, 0.1) is 16.6 Å². The van der Waals surface area contributed by atoms with Gasteiger partial charge in [-0.2, -0.15) is 0 Å². The summed E-state index contributed by atoms with van der Waals surface area (Å²) in [7, 11) is 0. The Bertz CT molecular complexity index is 1360. The number of unbranched alkanes of at least 4 members (excludes halogenated alkanes) is 1. The third-order valence-electron chi connectivity index (χ3n) is 5.30. The molecule has 0 bridgehead atoms. The molecule has 0 spiro atoms. The molecule has 0 fully saturated rings.